The van der Waals surface area contributed by atoms with Gasteiger partial charge in [0.05, 0.1) is 36.2 Å². The topological polar surface area (TPSA) is 124 Å². The Morgan fingerprint density at radius 1 is 1.28 bits per heavy atom. The smallest absolute Gasteiger partial charge is 0.273 e. The molecular formula is C20H19BrClFN6O3. The third-order valence-electron chi connectivity index (χ3n) is 4.12. The Labute approximate surface area is 200 Å². The molecule has 0 spiro atoms. The summed E-state index contributed by atoms with van der Waals surface area (Å²) in [5, 5.41) is 12.1. The van der Waals surface area contributed by atoms with Crippen LogP contribution < -0.4 is 21.1 Å². The number of rotatable bonds is 8. The van der Waals surface area contributed by atoms with Crippen molar-refractivity contribution in [3.05, 3.63) is 62.7 Å². The molecule has 1 amide bonds. The fourth-order valence-electron chi connectivity index (χ4n) is 2.74. The van der Waals surface area contributed by atoms with Gasteiger partial charge in [0.15, 0.2) is 16.6 Å². The van der Waals surface area contributed by atoms with Crippen molar-refractivity contribution < 1.29 is 22.8 Å². The van der Waals surface area contributed by atoms with E-state index in [4.69, 9.17) is 30.9 Å². The lowest BCUT2D eigenvalue weighted by Crippen LogP contribution is -2.21. The second kappa shape index (κ2) is 10.5. The van der Waals surface area contributed by atoms with Crippen LogP contribution in [0.4, 0.5) is 21.6 Å². The molecule has 9 nitrogen and oxygen atoms in total. The van der Waals surface area contributed by atoms with Gasteiger partial charge in [0.1, 0.15) is 17.3 Å². The molecule has 2 heterocycles. The number of nitrogens with one attached hydrogen (secondary N) is 2. The first-order valence-electron chi connectivity index (χ1n) is 10.4. The Bertz CT molecular complexity index is 1250. The largest absolute Gasteiger partial charge is 0.493 e. The minimum atomic E-state index is -2.73. The van der Waals surface area contributed by atoms with E-state index in [2.05, 4.69) is 36.4 Å². The van der Waals surface area contributed by atoms with E-state index in [0.29, 0.717) is 21.5 Å². The van der Waals surface area contributed by atoms with Gasteiger partial charge in [-0.25, -0.2) is 9.37 Å². The maximum Gasteiger partial charge on any atom is 0.273 e. The van der Waals surface area contributed by atoms with Crippen molar-refractivity contribution in [1.82, 2.24) is 20.5 Å². The average Bonchev–Trinajstić information content (AvgIpc) is 2.75. The van der Waals surface area contributed by atoms with Crippen molar-refractivity contribution in [1.29, 1.82) is 0 Å². The molecule has 0 radical (unpaired) electrons. The molecule has 0 aliphatic rings. The summed E-state index contributed by atoms with van der Waals surface area (Å²) in [6.45, 7) is -2.78. The molecule has 32 heavy (non-hydrogen) atoms. The van der Waals surface area contributed by atoms with Crippen LogP contribution in [-0.2, 0) is 18.0 Å². The van der Waals surface area contributed by atoms with E-state index in [-0.39, 0.29) is 41.3 Å². The van der Waals surface area contributed by atoms with Crippen molar-refractivity contribution >= 4 is 50.6 Å². The highest BCUT2D eigenvalue weighted by Gasteiger charge is 2.17. The van der Waals surface area contributed by atoms with E-state index in [1.54, 1.807) is 12.1 Å². The normalized spacial score (nSPS) is 12.4. The fourth-order valence-corrected chi connectivity index (χ4v) is 3.55. The summed E-state index contributed by atoms with van der Waals surface area (Å²) in [4.78, 5) is 16.4. The molecule has 0 saturated carbocycles. The summed E-state index contributed by atoms with van der Waals surface area (Å²) >= 11 is 9.36. The Hall–Kier alpha value is -3.02. The summed E-state index contributed by atoms with van der Waals surface area (Å²) in [5.41, 5.74) is 6.47. The molecule has 0 atom stereocenters. The van der Waals surface area contributed by atoms with Gasteiger partial charge in [-0.05, 0) is 45.8 Å². The van der Waals surface area contributed by atoms with Gasteiger partial charge in [-0.15, -0.1) is 10.2 Å². The number of pyridine rings is 1. The predicted molar refractivity (Wildman–Crippen MR) is 122 cm³/mol. The van der Waals surface area contributed by atoms with Crippen molar-refractivity contribution in [2.75, 3.05) is 25.1 Å². The van der Waals surface area contributed by atoms with E-state index >= 15 is 0 Å². The number of hydrogen-bond donors (Lipinski definition) is 3. The van der Waals surface area contributed by atoms with Gasteiger partial charge in [0, 0.05) is 17.2 Å². The van der Waals surface area contributed by atoms with Crippen LogP contribution in [0.15, 0.2) is 34.8 Å². The van der Waals surface area contributed by atoms with Crippen LogP contribution >= 0.6 is 27.5 Å². The summed E-state index contributed by atoms with van der Waals surface area (Å²) in [7, 11) is 1.44. The van der Waals surface area contributed by atoms with Crippen molar-refractivity contribution in [3.8, 4) is 5.75 Å². The molecule has 0 bridgehead atoms. The lowest BCUT2D eigenvalue weighted by atomic mass is 10.1. The SMILES string of the molecule is [2H]C([2H])([2H])NC(=O)c1nnc(Cl)cc1Nc1cc(COCc2nc(N)ccc2F)cc(Br)c1OC. The Kier molecular flexibility index (Phi) is 6.47. The summed E-state index contributed by atoms with van der Waals surface area (Å²) < 4.78 is 47.2. The minimum absolute atomic E-state index is 0.0351. The van der Waals surface area contributed by atoms with Gasteiger partial charge >= 0.3 is 0 Å². The number of halogens is 3. The first-order chi connectivity index (χ1) is 16.5. The average molecular weight is 529 g/mol. The number of anilines is 3. The Balaban J connectivity index is 1.86. The van der Waals surface area contributed by atoms with Crippen molar-refractivity contribution in [2.45, 2.75) is 13.2 Å². The minimum Gasteiger partial charge on any atom is -0.493 e. The number of aromatic nitrogens is 3. The molecule has 0 fully saturated rings. The molecule has 12 heteroatoms. The van der Waals surface area contributed by atoms with Gasteiger partial charge in [-0.3, -0.25) is 4.79 Å². The molecule has 0 saturated heterocycles. The number of nitrogens with zero attached hydrogens (tertiary/aromatic N) is 3. The quantitative estimate of drug-likeness (QED) is 0.403. The highest BCUT2D eigenvalue weighted by Crippen LogP contribution is 2.37. The molecular weight excluding hydrogens is 507 g/mol. The van der Waals surface area contributed by atoms with Crippen LogP contribution in [0, 0.1) is 5.82 Å². The van der Waals surface area contributed by atoms with E-state index in [1.807, 2.05) is 5.32 Å². The van der Waals surface area contributed by atoms with Crippen molar-refractivity contribution in [3.63, 3.8) is 0 Å². The van der Waals surface area contributed by atoms with Crippen LogP contribution in [0.3, 0.4) is 0 Å². The Morgan fingerprint density at radius 2 is 2.09 bits per heavy atom. The molecule has 2 aromatic heterocycles. The number of nitrogen functional groups attached to an aromatic ring is 1. The standard InChI is InChI=1S/C20H19BrClFN6O3/c1-25-20(30)18-13(7-16(22)28-29-18)26-14-6-10(5-11(21)19(14)31-2)8-32-9-15-12(23)3-4-17(24)27-15/h3-7H,8-9H2,1-2H3,(H2,24,27)(H,25,30)(H,26,28)/i1D3. The zero-order valence-corrected chi connectivity index (χ0v) is 18.9. The number of methoxy groups -OCH3 is 1. The molecule has 0 aliphatic heterocycles. The summed E-state index contributed by atoms with van der Waals surface area (Å²) in [5.74, 6) is -0.979. The predicted octanol–water partition coefficient (Wildman–Crippen LogP) is 3.84. The first kappa shape index (κ1) is 19.6. The molecule has 1 aromatic carbocycles. The van der Waals surface area contributed by atoms with Crippen LogP contribution in [0.5, 0.6) is 5.75 Å². The van der Waals surface area contributed by atoms with E-state index in [1.165, 1.54) is 25.3 Å². The molecule has 3 aromatic rings. The zero-order chi connectivity index (χ0) is 25.8. The van der Waals surface area contributed by atoms with Gasteiger partial charge in [0.25, 0.3) is 5.91 Å². The number of nitrogens with two attached hydrogens (primary N) is 1. The third-order valence-corrected chi connectivity index (χ3v) is 4.89. The van der Waals surface area contributed by atoms with Gasteiger partial charge in [-0.2, -0.15) is 0 Å². The first-order valence-corrected chi connectivity index (χ1v) is 10.1. The lowest BCUT2D eigenvalue weighted by Gasteiger charge is -2.16. The van der Waals surface area contributed by atoms with E-state index in [9.17, 15) is 9.18 Å². The van der Waals surface area contributed by atoms with Crippen LogP contribution in [-0.4, -0.2) is 35.2 Å². The molecule has 4 N–H and O–H groups in total. The fraction of sp³-hybridized carbons (Fsp3) is 0.200. The maximum absolute atomic E-state index is 13.9. The number of amides is 1. The monoisotopic (exact) mass is 527 g/mol. The van der Waals surface area contributed by atoms with Crippen molar-refractivity contribution in [2.24, 2.45) is 0 Å². The number of ether oxygens (including phenoxy) is 2. The molecule has 168 valence electrons. The number of benzene rings is 1. The number of hydrogen-bond acceptors (Lipinski definition) is 8. The van der Waals surface area contributed by atoms with Gasteiger partial charge in [0.2, 0.25) is 0 Å². The number of carbonyl (C=O) groups is 1. The molecule has 3 rings (SSSR count). The molecule has 0 aliphatic carbocycles. The second-order valence-electron chi connectivity index (χ2n) is 6.32. The summed E-state index contributed by atoms with van der Waals surface area (Å²) in [6, 6.07) is 7.26. The summed E-state index contributed by atoms with van der Waals surface area (Å²) in [6.07, 6.45) is 0. The Morgan fingerprint density at radius 3 is 2.84 bits per heavy atom. The third kappa shape index (κ3) is 5.61. The van der Waals surface area contributed by atoms with Gasteiger partial charge < -0.3 is 25.8 Å². The van der Waals surface area contributed by atoms with E-state index < -0.39 is 18.7 Å². The molecule has 0 unspecified atom stereocenters. The van der Waals surface area contributed by atoms with Crippen LogP contribution in [0.25, 0.3) is 0 Å². The van der Waals surface area contributed by atoms with Gasteiger partial charge in [-0.1, -0.05) is 11.6 Å². The lowest BCUT2D eigenvalue weighted by molar-refractivity contribution is 0.0958. The second-order valence-corrected chi connectivity index (χ2v) is 7.57. The van der Waals surface area contributed by atoms with E-state index in [0.717, 1.165) is 0 Å². The van der Waals surface area contributed by atoms with Crippen LogP contribution in [0.2, 0.25) is 5.15 Å². The highest BCUT2D eigenvalue weighted by atomic mass is 79.9. The maximum atomic E-state index is 13.9. The highest BCUT2D eigenvalue weighted by molar-refractivity contribution is 9.10. The van der Waals surface area contributed by atoms with Crippen LogP contribution in [0.1, 0.15) is 25.9 Å². The number of carbonyl (C=O) groups excluding carboxylic acids is 1. The zero-order valence-electron chi connectivity index (χ0n) is 19.6.